The Labute approximate surface area is 173 Å². The molecule has 0 aliphatic carbocycles. The minimum Gasteiger partial charge on any atom is -0.493 e. The summed E-state index contributed by atoms with van der Waals surface area (Å²) in [5, 5.41) is 7.40. The summed E-state index contributed by atoms with van der Waals surface area (Å²) in [4.78, 5) is 13.4. The number of aromatic nitrogens is 3. The number of anilines is 2. The SMILES string of the molecule is CCCOc1cc2c(Nc3cccc(-c4csc(C)n4)c3)ncnc2cc1OC. The first-order valence-corrected chi connectivity index (χ1v) is 10.3. The first-order valence-electron chi connectivity index (χ1n) is 9.43. The van der Waals surface area contributed by atoms with Crippen molar-refractivity contribution >= 4 is 33.7 Å². The molecular formula is C22H22N4O2S. The zero-order chi connectivity index (χ0) is 20.2. The lowest BCUT2D eigenvalue weighted by Gasteiger charge is -2.13. The molecule has 0 aliphatic heterocycles. The van der Waals surface area contributed by atoms with E-state index in [9.17, 15) is 0 Å². The summed E-state index contributed by atoms with van der Waals surface area (Å²) >= 11 is 1.64. The van der Waals surface area contributed by atoms with E-state index in [-0.39, 0.29) is 0 Å². The van der Waals surface area contributed by atoms with Gasteiger partial charge in [0.05, 0.1) is 29.9 Å². The third-order valence-corrected chi connectivity index (χ3v) is 5.20. The van der Waals surface area contributed by atoms with Crippen LogP contribution in [0, 0.1) is 6.92 Å². The Morgan fingerprint density at radius 3 is 2.76 bits per heavy atom. The Morgan fingerprint density at radius 1 is 1.10 bits per heavy atom. The molecule has 0 bridgehead atoms. The van der Waals surface area contributed by atoms with Crippen LogP contribution in [0.4, 0.5) is 11.5 Å². The minimum atomic E-state index is 0.618. The molecule has 6 nitrogen and oxygen atoms in total. The number of rotatable bonds is 7. The van der Waals surface area contributed by atoms with E-state index < -0.39 is 0 Å². The van der Waals surface area contributed by atoms with E-state index in [1.807, 2.05) is 31.2 Å². The van der Waals surface area contributed by atoms with E-state index in [0.717, 1.165) is 39.3 Å². The fourth-order valence-corrected chi connectivity index (χ4v) is 3.66. The highest BCUT2D eigenvalue weighted by atomic mass is 32.1. The van der Waals surface area contributed by atoms with Gasteiger partial charge in [0.2, 0.25) is 0 Å². The van der Waals surface area contributed by atoms with Crippen LogP contribution >= 0.6 is 11.3 Å². The number of nitrogens with one attached hydrogen (secondary N) is 1. The summed E-state index contributed by atoms with van der Waals surface area (Å²) in [6.07, 6.45) is 2.46. The van der Waals surface area contributed by atoms with Gasteiger partial charge in [-0.3, -0.25) is 0 Å². The second-order valence-corrected chi connectivity index (χ2v) is 7.61. The molecule has 29 heavy (non-hydrogen) atoms. The van der Waals surface area contributed by atoms with Gasteiger partial charge in [-0.25, -0.2) is 15.0 Å². The van der Waals surface area contributed by atoms with E-state index in [4.69, 9.17) is 9.47 Å². The maximum atomic E-state index is 5.85. The summed E-state index contributed by atoms with van der Waals surface area (Å²) in [5.41, 5.74) is 3.75. The fourth-order valence-electron chi connectivity index (χ4n) is 3.04. The molecule has 2 heterocycles. The highest BCUT2D eigenvalue weighted by molar-refractivity contribution is 7.09. The quantitative estimate of drug-likeness (QED) is 0.431. The van der Waals surface area contributed by atoms with Crippen molar-refractivity contribution in [2.45, 2.75) is 20.3 Å². The van der Waals surface area contributed by atoms with Gasteiger partial charge in [0.1, 0.15) is 12.1 Å². The predicted molar refractivity (Wildman–Crippen MR) is 117 cm³/mol. The highest BCUT2D eigenvalue weighted by Gasteiger charge is 2.12. The molecule has 7 heteroatoms. The molecule has 1 N–H and O–H groups in total. The van der Waals surface area contributed by atoms with Crippen LogP contribution < -0.4 is 14.8 Å². The van der Waals surface area contributed by atoms with Crippen LogP contribution in [-0.4, -0.2) is 28.7 Å². The number of methoxy groups -OCH3 is 1. The van der Waals surface area contributed by atoms with Crippen molar-refractivity contribution in [1.29, 1.82) is 0 Å². The average molecular weight is 407 g/mol. The Kier molecular flexibility index (Phi) is 5.57. The monoisotopic (exact) mass is 406 g/mol. The van der Waals surface area contributed by atoms with Crippen LogP contribution in [-0.2, 0) is 0 Å². The lowest BCUT2D eigenvalue weighted by molar-refractivity contribution is 0.295. The number of hydrogen-bond donors (Lipinski definition) is 1. The molecule has 0 aliphatic rings. The van der Waals surface area contributed by atoms with Crippen molar-refractivity contribution in [3.63, 3.8) is 0 Å². The van der Waals surface area contributed by atoms with Gasteiger partial charge in [-0.2, -0.15) is 0 Å². The molecule has 2 aromatic heterocycles. The lowest BCUT2D eigenvalue weighted by atomic mass is 10.1. The van der Waals surface area contributed by atoms with Gasteiger partial charge in [0, 0.05) is 28.1 Å². The van der Waals surface area contributed by atoms with Crippen molar-refractivity contribution in [3.8, 4) is 22.8 Å². The number of ether oxygens (including phenoxy) is 2. The number of hydrogen-bond acceptors (Lipinski definition) is 7. The second-order valence-electron chi connectivity index (χ2n) is 6.55. The van der Waals surface area contributed by atoms with Gasteiger partial charge in [0.25, 0.3) is 0 Å². The Morgan fingerprint density at radius 2 is 2.00 bits per heavy atom. The summed E-state index contributed by atoms with van der Waals surface area (Å²) in [7, 11) is 1.63. The van der Waals surface area contributed by atoms with E-state index in [0.29, 0.717) is 23.9 Å². The molecule has 0 saturated heterocycles. The zero-order valence-corrected chi connectivity index (χ0v) is 17.4. The van der Waals surface area contributed by atoms with E-state index in [2.05, 4.69) is 44.7 Å². The van der Waals surface area contributed by atoms with Crippen molar-refractivity contribution < 1.29 is 9.47 Å². The molecule has 0 fully saturated rings. The Hall–Kier alpha value is -3.19. The molecule has 148 valence electrons. The van der Waals surface area contributed by atoms with Crippen molar-refractivity contribution in [2.24, 2.45) is 0 Å². The number of aryl methyl sites for hydroxylation is 1. The molecule has 0 amide bonds. The van der Waals surface area contributed by atoms with E-state index >= 15 is 0 Å². The molecule has 2 aromatic carbocycles. The number of nitrogens with zero attached hydrogens (tertiary/aromatic N) is 3. The molecule has 4 rings (SSSR count). The second kappa shape index (κ2) is 8.45. The van der Waals surface area contributed by atoms with Crippen molar-refractivity contribution in [3.05, 3.63) is 53.1 Å². The van der Waals surface area contributed by atoms with Gasteiger partial charge in [0.15, 0.2) is 11.5 Å². The number of thiazole rings is 1. The molecule has 0 atom stereocenters. The standard InChI is InChI=1S/C22H22N4O2S/c1-4-8-28-21-10-17-18(11-20(21)27-3)23-13-24-22(17)26-16-7-5-6-15(9-16)19-12-29-14(2)25-19/h5-7,9-13H,4,8H2,1-3H3,(H,23,24,26). The molecule has 0 unspecified atom stereocenters. The van der Waals surface area contributed by atoms with E-state index in [1.165, 1.54) is 0 Å². The minimum absolute atomic E-state index is 0.618. The third-order valence-electron chi connectivity index (χ3n) is 4.42. The smallest absolute Gasteiger partial charge is 0.162 e. The maximum absolute atomic E-state index is 5.85. The fraction of sp³-hybridized carbons (Fsp3) is 0.227. The van der Waals surface area contributed by atoms with Gasteiger partial charge in [-0.1, -0.05) is 19.1 Å². The molecule has 0 radical (unpaired) electrons. The number of benzene rings is 2. The molecular weight excluding hydrogens is 384 g/mol. The topological polar surface area (TPSA) is 69.2 Å². The predicted octanol–water partition coefficient (Wildman–Crippen LogP) is 5.60. The zero-order valence-electron chi connectivity index (χ0n) is 16.6. The molecule has 0 spiro atoms. The van der Waals surface area contributed by atoms with Gasteiger partial charge >= 0.3 is 0 Å². The molecule has 0 saturated carbocycles. The average Bonchev–Trinajstić information content (AvgIpc) is 3.18. The first-order chi connectivity index (χ1) is 14.2. The number of fused-ring (bicyclic) bond motifs is 1. The van der Waals surface area contributed by atoms with Crippen LogP contribution in [0.25, 0.3) is 22.2 Å². The van der Waals surface area contributed by atoms with E-state index in [1.54, 1.807) is 24.8 Å². The lowest BCUT2D eigenvalue weighted by Crippen LogP contribution is -2.00. The van der Waals surface area contributed by atoms with Crippen molar-refractivity contribution in [2.75, 3.05) is 19.0 Å². The van der Waals surface area contributed by atoms with Crippen LogP contribution in [0.15, 0.2) is 48.1 Å². The van der Waals surface area contributed by atoms with Crippen molar-refractivity contribution in [1.82, 2.24) is 15.0 Å². The summed E-state index contributed by atoms with van der Waals surface area (Å²) in [5.74, 6) is 2.06. The largest absolute Gasteiger partial charge is 0.493 e. The Bertz CT molecular complexity index is 1140. The highest BCUT2D eigenvalue weighted by Crippen LogP contribution is 2.35. The van der Waals surface area contributed by atoms with Crippen LogP contribution in [0.1, 0.15) is 18.4 Å². The van der Waals surface area contributed by atoms with Gasteiger partial charge in [-0.15, -0.1) is 11.3 Å². The maximum Gasteiger partial charge on any atom is 0.162 e. The van der Waals surface area contributed by atoms with Crippen LogP contribution in [0.3, 0.4) is 0 Å². The van der Waals surface area contributed by atoms with Crippen LogP contribution in [0.5, 0.6) is 11.5 Å². The Balaban J connectivity index is 1.71. The summed E-state index contributed by atoms with van der Waals surface area (Å²) in [6.45, 7) is 4.70. The van der Waals surface area contributed by atoms with Crippen LogP contribution in [0.2, 0.25) is 0 Å². The van der Waals surface area contributed by atoms with Gasteiger partial charge < -0.3 is 14.8 Å². The third kappa shape index (κ3) is 4.14. The molecule has 4 aromatic rings. The van der Waals surface area contributed by atoms with Gasteiger partial charge in [-0.05, 0) is 31.5 Å². The summed E-state index contributed by atoms with van der Waals surface area (Å²) < 4.78 is 11.3. The summed E-state index contributed by atoms with van der Waals surface area (Å²) in [6, 6.07) is 11.9. The first kappa shape index (κ1) is 19.1. The normalized spacial score (nSPS) is 10.9.